The molecule has 25 heavy (non-hydrogen) atoms. The van der Waals surface area contributed by atoms with Gasteiger partial charge >= 0.3 is 6.03 Å². The van der Waals surface area contributed by atoms with Crippen molar-refractivity contribution in [1.29, 1.82) is 0 Å². The van der Waals surface area contributed by atoms with E-state index in [1.165, 1.54) is 0 Å². The van der Waals surface area contributed by atoms with Crippen LogP contribution in [0.1, 0.15) is 12.5 Å². The van der Waals surface area contributed by atoms with E-state index in [0.29, 0.717) is 38.6 Å². The third kappa shape index (κ3) is 4.12. The molecule has 0 bridgehead atoms. The van der Waals surface area contributed by atoms with E-state index in [1.54, 1.807) is 4.90 Å². The van der Waals surface area contributed by atoms with Gasteiger partial charge in [-0.2, -0.15) is 0 Å². The van der Waals surface area contributed by atoms with Crippen molar-refractivity contribution in [3.05, 3.63) is 35.9 Å². The van der Waals surface area contributed by atoms with E-state index in [4.69, 9.17) is 0 Å². The van der Waals surface area contributed by atoms with Crippen LogP contribution in [0.3, 0.4) is 0 Å². The minimum atomic E-state index is 0.0344. The summed E-state index contributed by atoms with van der Waals surface area (Å²) >= 11 is 0. The van der Waals surface area contributed by atoms with E-state index < -0.39 is 0 Å². The molecule has 0 aliphatic carbocycles. The molecule has 1 atom stereocenters. The fraction of sp³-hybridized carbons (Fsp3) is 0.579. The maximum absolute atomic E-state index is 12.6. The Kier molecular flexibility index (Phi) is 5.58. The highest BCUT2D eigenvalue weighted by Crippen LogP contribution is 2.19. The predicted octanol–water partition coefficient (Wildman–Crippen LogP) is 1.24. The Balaban J connectivity index is 1.47. The summed E-state index contributed by atoms with van der Waals surface area (Å²) in [6.07, 6.45) is 0. The zero-order valence-electron chi connectivity index (χ0n) is 15.1. The van der Waals surface area contributed by atoms with Gasteiger partial charge in [0.1, 0.15) is 0 Å². The van der Waals surface area contributed by atoms with E-state index in [-0.39, 0.29) is 17.9 Å². The van der Waals surface area contributed by atoms with E-state index in [9.17, 15) is 9.59 Å². The van der Waals surface area contributed by atoms with Gasteiger partial charge < -0.3 is 20.0 Å². The molecule has 2 saturated heterocycles. The topological polar surface area (TPSA) is 55.9 Å². The first-order valence-corrected chi connectivity index (χ1v) is 9.09. The minimum absolute atomic E-state index is 0.0344. The van der Waals surface area contributed by atoms with Crippen molar-refractivity contribution >= 4 is 11.9 Å². The van der Waals surface area contributed by atoms with Crippen LogP contribution in [0.25, 0.3) is 0 Å². The molecular formula is C19H28N4O2. The SMILES string of the molecule is CC(C(=O)N1CCN(C(=O)N(C)Cc2ccccc2)CC1)C1CNC1. The Bertz CT molecular complexity index is 595. The second-order valence-electron chi connectivity index (χ2n) is 7.14. The molecule has 3 amide bonds. The number of amides is 3. The lowest BCUT2D eigenvalue weighted by atomic mass is 9.88. The number of carbonyl (C=O) groups excluding carboxylic acids is 2. The monoisotopic (exact) mass is 344 g/mol. The van der Waals surface area contributed by atoms with Crippen LogP contribution in [0.4, 0.5) is 4.79 Å². The molecule has 2 aliphatic heterocycles. The maximum atomic E-state index is 12.6. The summed E-state index contributed by atoms with van der Waals surface area (Å²) in [6, 6.07) is 10.0. The highest BCUT2D eigenvalue weighted by atomic mass is 16.2. The molecular weight excluding hydrogens is 316 g/mol. The van der Waals surface area contributed by atoms with Crippen LogP contribution in [0.2, 0.25) is 0 Å². The molecule has 6 nitrogen and oxygen atoms in total. The van der Waals surface area contributed by atoms with Gasteiger partial charge in [0.2, 0.25) is 5.91 Å². The van der Waals surface area contributed by atoms with Crippen molar-refractivity contribution in [2.75, 3.05) is 46.3 Å². The van der Waals surface area contributed by atoms with Gasteiger partial charge in [-0.15, -0.1) is 0 Å². The van der Waals surface area contributed by atoms with Crippen molar-refractivity contribution in [2.45, 2.75) is 13.5 Å². The van der Waals surface area contributed by atoms with Gasteiger partial charge in [-0.1, -0.05) is 37.3 Å². The maximum Gasteiger partial charge on any atom is 0.320 e. The lowest BCUT2D eigenvalue weighted by molar-refractivity contribution is -0.138. The van der Waals surface area contributed by atoms with Crippen LogP contribution in [0.5, 0.6) is 0 Å². The number of carbonyl (C=O) groups is 2. The number of rotatable bonds is 4. The predicted molar refractivity (Wildman–Crippen MR) is 97.0 cm³/mol. The number of urea groups is 1. The first-order chi connectivity index (χ1) is 12.1. The van der Waals surface area contributed by atoms with Gasteiger partial charge in [-0.3, -0.25) is 4.79 Å². The first-order valence-electron chi connectivity index (χ1n) is 9.09. The largest absolute Gasteiger partial charge is 0.339 e. The molecule has 2 heterocycles. The molecule has 2 aliphatic rings. The van der Waals surface area contributed by atoms with Crippen LogP contribution < -0.4 is 5.32 Å². The second-order valence-corrected chi connectivity index (χ2v) is 7.14. The van der Waals surface area contributed by atoms with Crippen LogP contribution in [-0.4, -0.2) is 73.0 Å². The summed E-state index contributed by atoms with van der Waals surface area (Å²) < 4.78 is 0. The van der Waals surface area contributed by atoms with Gasteiger partial charge in [0.15, 0.2) is 0 Å². The highest BCUT2D eigenvalue weighted by Gasteiger charge is 2.33. The third-order valence-electron chi connectivity index (χ3n) is 5.36. The second kappa shape index (κ2) is 7.87. The number of piperazine rings is 1. The van der Waals surface area contributed by atoms with E-state index in [2.05, 4.69) is 5.32 Å². The fourth-order valence-electron chi connectivity index (χ4n) is 3.44. The first kappa shape index (κ1) is 17.7. The van der Waals surface area contributed by atoms with Crippen LogP contribution in [0.15, 0.2) is 30.3 Å². The van der Waals surface area contributed by atoms with Gasteiger partial charge in [-0.05, 0) is 24.6 Å². The number of nitrogens with zero attached hydrogens (tertiary/aromatic N) is 3. The number of hydrogen-bond acceptors (Lipinski definition) is 3. The number of nitrogens with one attached hydrogen (secondary N) is 1. The van der Waals surface area contributed by atoms with Gasteiger partial charge in [0, 0.05) is 45.7 Å². The van der Waals surface area contributed by atoms with E-state index in [1.807, 2.05) is 54.1 Å². The van der Waals surface area contributed by atoms with Gasteiger partial charge in [0.25, 0.3) is 0 Å². The molecule has 0 radical (unpaired) electrons. The van der Waals surface area contributed by atoms with Crippen LogP contribution >= 0.6 is 0 Å². The molecule has 0 spiro atoms. The normalized spacial score (nSPS) is 19.3. The molecule has 1 aromatic carbocycles. The zero-order valence-corrected chi connectivity index (χ0v) is 15.1. The molecule has 2 fully saturated rings. The summed E-state index contributed by atoms with van der Waals surface area (Å²) in [5.74, 6) is 0.768. The lowest BCUT2D eigenvalue weighted by Gasteiger charge is -2.40. The summed E-state index contributed by atoms with van der Waals surface area (Å²) in [7, 11) is 1.83. The minimum Gasteiger partial charge on any atom is -0.339 e. The Morgan fingerprint density at radius 3 is 2.28 bits per heavy atom. The summed E-state index contributed by atoms with van der Waals surface area (Å²) in [5, 5.41) is 3.23. The third-order valence-corrected chi connectivity index (χ3v) is 5.36. The molecule has 3 rings (SSSR count). The molecule has 1 N–H and O–H groups in total. The summed E-state index contributed by atoms with van der Waals surface area (Å²) in [4.78, 5) is 30.7. The number of hydrogen-bond donors (Lipinski definition) is 1. The Labute approximate surface area is 149 Å². The smallest absolute Gasteiger partial charge is 0.320 e. The summed E-state index contributed by atoms with van der Waals surface area (Å²) in [6.45, 7) is 7.00. The molecule has 6 heteroatoms. The van der Waals surface area contributed by atoms with Crippen LogP contribution in [0, 0.1) is 11.8 Å². The van der Waals surface area contributed by atoms with Crippen molar-refractivity contribution < 1.29 is 9.59 Å². The van der Waals surface area contributed by atoms with Crippen LogP contribution in [-0.2, 0) is 11.3 Å². The van der Waals surface area contributed by atoms with Gasteiger partial charge in [-0.25, -0.2) is 4.79 Å². The standard InChI is InChI=1S/C19H28N4O2/c1-15(17-12-20-13-17)18(24)22-8-10-23(11-9-22)19(25)21(2)14-16-6-4-3-5-7-16/h3-7,15,17,20H,8-14H2,1-2H3. The average molecular weight is 344 g/mol. The quantitative estimate of drug-likeness (QED) is 0.894. The Morgan fingerprint density at radius 2 is 1.72 bits per heavy atom. The van der Waals surface area contributed by atoms with Crippen molar-refractivity contribution in [1.82, 2.24) is 20.0 Å². The average Bonchev–Trinajstić information content (AvgIpc) is 2.60. The van der Waals surface area contributed by atoms with Gasteiger partial charge in [0.05, 0.1) is 0 Å². The van der Waals surface area contributed by atoms with Crippen molar-refractivity contribution in [3.63, 3.8) is 0 Å². The number of benzene rings is 1. The fourth-order valence-corrected chi connectivity index (χ4v) is 3.44. The molecule has 1 unspecified atom stereocenters. The van der Waals surface area contributed by atoms with Crippen molar-refractivity contribution in [2.24, 2.45) is 11.8 Å². The lowest BCUT2D eigenvalue weighted by Crippen LogP contribution is -2.56. The Morgan fingerprint density at radius 1 is 1.12 bits per heavy atom. The summed E-state index contributed by atoms with van der Waals surface area (Å²) in [5.41, 5.74) is 1.12. The molecule has 136 valence electrons. The zero-order chi connectivity index (χ0) is 17.8. The molecule has 1 aromatic rings. The van der Waals surface area contributed by atoms with E-state index in [0.717, 1.165) is 18.7 Å². The Hall–Kier alpha value is -2.08. The molecule has 0 aromatic heterocycles. The van der Waals surface area contributed by atoms with Crippen molar-refractivity contribution in [3.8, 4) is 0 Å². The highest BCUT2D eigenvalue weighted by molar-refractivity contribution is 5.80. The molecule has 0 saturated carbocycles. The van der Waals surface area contributed by atoms with E-state index >= 15 is 0 Å².